The molecule has 3 nitrogen and oxygen atoms in total. The second-order valence-corrected chi connectivity index (χ2v) is 13.1. The van der Waals surface area contributed by atoms with E-state index in [0.717, 1.165) is 43.3 Å². The maximum atomic E-state index is 12.6. The summed E-state index contributed by atoms with van der Waals surface area (Å²) >= 11 is 0. The smallest absolute Gasteiger partial charge is 0.220 e. The number of fused-ring (bicyclic) bond motifs is 7. The standard InChI is InChI=1S/C30H42O3/c1-7-30-15-13-28(5)21-16-22(32)25(33)19(2)20(21)8-9-23(28)29(30,6)14-12-27(4)11-10-26(3,18-31)17-24(27)30/h8-9,16,24,31,33H,7,10-15,17-18H2,1-6H3/t24-,26-,27-,28+,29-,30+/m1/s1. The molecule has 3 heteroatoms. The third kappa shape index (κ3) is 2.75. The van der Waals surface area contributed by atoms with Gasteiger partial charge < -0.3 is 10.2 Å². The zero-order valence-electron chi connectivity index (χ0n) is 21.5. The van der Waals surface area contributed by atoms with Crippen LogP contribution in [0.2, 0.25) is 0 Å². The molecular formula is C30H42O3. The van der Waals surface area contributed by atoms with Gasteiger partial charge in [-0.15, -0.1) is 0 Å². The van der Waals surface area contributed by atoms with E-state index in [0.29, 0.717) is 16.9 Å². The molecule has 0 bridgehead atoms. The Bertz CT molecular complexity index is 1040. The summed E-state index contributed by atoms with van der Waals surface area (Å²) < 4.78 is 0. The van der Waals surface area contributed by atoms with E-state index in [4.69, 9.17) is 0 Å². The molecule has 0 aliphatic heterocycles. The van der Waals surface area contributed by atoms with Crippen LogP contribution in [0.1, 0.15) is 92.9 Å². The Morgan fingerprint density at radius 1 is 1.00 bits per heavy atom. The zero-order valence-corrected chi connectivity index (χ0v) is 21.5. The van der Waals surface area contributed by atoms with Crippen LogP contribution < -0.4 is 0 Å². The van der Waals surface area contributed by atoms with Gasteiger partial charge >= 0.3 is 0 Å². The van der Waals surface area contributed by atoms with E-state index in [1.54, 1.807) is 6.08 Å². The lowest BCUT2D eigenvalue weighted by Crippen LogP contribution is -2.62. The molecule has 5 aliphatic rings. The topological polar surface area (TPSA) is 57.5 Å². The number of carbonyl (C=O) groups is 1. The number of hydrogen-bond acceptors (Lipinski definition) is 3. The van der Waals surface area contributed by atoms with Crippen LogP contribution in [0.25, 0.3) is 0 Å². The molecule has 0 amide bonds. The largest absolute Gasteiger partial charge is 0.504 e. The third-order valence-corrected chi connectivity index (χ3v) is 11.6. The van der Waals surface area contributed by atoms with Crippen LogP contribution in [0, 0.1) is 33.0 Å². The fourth-order valence-electron chi connectivity index (χ4n) is 9.24. The highest BCUT2D eigenvalue weighted by Gasteiger charge is 2.67. The van der Waals surface area contributed by atoms with Crippen LogP contribution in [0.3, 0.4) is 0 Å². The van der Waals surface area contributed by atoms with Gasteiger partial charge in [0.05, 0.1) is 0 Å². The highest BCUT2D eigenvalue weighted by molar-refractivity contribution is 6.06. The van der Waals surface area contributed by atoms with E-state index >= 15 is 0 Å². The molecule has 0 aromatic carbocycles. The van der Waals surface area contributed by atoms with Gasteiger partial charge in [-0.05, 0) is 103 Å². The Morgan fingerprint density at radius 2 is 1.70 bits per heavy atom. The maximum Gasteiger partial charge on any atom is 0.220 e. The lowest BCUT2D eigenvalue weighted by molar-refractivity contribution is -0.176. The lowest BCUT2D eigenvalue weighted by Gasteiger charge is -2.71. The van der Waals surface area contributed by atoms with Crippen molar-refractivity contribution in [2.45, 2.75) is 92.9 Å². The van der Waals surface area contributed by atoms with Crippen LogP contribution in [0.15, 0.2) is 46.3 Å². The van der Waals surface area contributed by atoms with Crippen LogP contribution in [0.5, 0.6) is 0 Å². The Kier molecular flexibility index (Phi) is 4.89. The molecule has 3 fully saturated rings. The molecule has 5 rings (SSSR count). The van der Waals surface area contributed by atoms with E-state index < -0.39 is 0 Å². The predicted octanol–water partition coefficient (Wildman–Crippen LogP) is 7.00. The van der Waals surface area contributed by atoms with Crippen molar-refractivity contribution in [3.8, 4) is 0 Å². The number of ketones is 1. The summed E-state index contributed by atoms with van der Waals surface area (Å²) in [5, 5.41) is 20.6. The summed E-state index contributed by atoms with van der Waals surface area (Å²) in [6.45, 7) is 14.3. The van der Waals surface area contributed by atoms with Gasteiger partial charge in [0.1, 0.15) is 0 Å². The normalized spacial score (nSPS) is 46.9. The van der Waals surface area contributed by atoms with Crippen LogP contribution >= 0.6 is 0 Å². The van der Waals surface area contributed by atoms with E-state index in [-0.39, 0.29) is 39.8 Å². The van der Waals surface area contributed by atoms with Gasteiger partial charge in [0.15, 0.2) is 5.76 Å². The van der Waals surface area contributed by atoms with Crippen LogP contribution in [-0.2, 0) is 4.79 Å². The molecule has 0 saturated heterocycles. The number of aliphatic hydroxyl groups is 2. The first-order valence-corrected chi connectivity index (χ1v) is 13.1. The van der Waals surface area contributed by atoms with E-state index in [1.807, 2.05) is 6.92 Å². The molecule has 180 valence electrons. The molecule has 0 heterocycles. The molecule has 3 saturated carbocycles. The Labute approximate surface area is 199 Å². The molecule has 0 aromatic heterocycles. The predicted molar refractivity (Wildman–Crippen MR) is 133 cm³/mol. The maximum absolute atomic E-state index is 12.6. The summed E-state index contributed by atoms with van der Waals surface area (Å²) in [6.07, 6.45) is 15.5. The number of rotatable bonds is 2. The molecule has 6 atom stereocenters. The fraction of sp³-hybridized carbons (Fsp3) is 0.700. The van der Waals surface area contributed by atoms with Gasteiger partial charge in [-0.1, -0.05) is 52.3 Å². The van der Waals surface area contributed by atoms with Crippen molar-refractivity contribution in [2.24, 2.45) is 33.0 Å². The third-order valence-electron chi connectivity index (χ3n) is 11.6. The van der Waals surface area contributed by atoms with Gasteiger partial charge in [-0.3, -0.25) is 4.79 Å². The van der Waals surface area contributed by atoms with Gasteiger partial charge in [0, 0.05) is 17.6 Å². The monoisotopic (exact) mass is 450 g/mol. The highest BCUT2D eigenvalue weighted by atomic mass is 16.3. The minimum absolute atomic E-state index is 0.0249. The molecule has 2 N–H and O–H groups in total. The van der Waals surface area contributed by atoms with Crippen molar-refractivity contribution < 1.29 is 15.0 Å². The molecule has 33 heavy (non-hydrogen) atoms. The number of hydrogen-bond donors (Lipinski definition) is 2. The highest BCUT2D eigenvalue weighted by Crippen LogP contribution is 2.76. The first-order chi connectivity index (χ1) is 15.4. The summed E-state index contributed by atoms with van der Waals surface area (Å²) in [6, 6.07) is 0. The fourth-order valence-corrected chi connectivity index (χ4v) is 9.24. The number of carbonyl (C=O) groups excluding carboxylic acids is 1. The van der Waals surface area contributed by atoms with Crippen molar-refractivity contribution in [1.82, 2.24) is 0 Å². The van der Waals surface area contributed by atoms with E-state index in [2.05, 4.69) is 46.8 Å². The second kappa shape index (κ2) is 6.97. The quantitative estimate of drug-likeness (QED) is 0.476. The summed E-state index contributed by atoms with van der Waals surface area (Å²) in [5.74, 6) is 0.249. The Hall–Kier alpha value is -1.61. The van der Waals surface area contributed by atoms with Gasteiger partial charge in [-0.25, -0.2) is 0 Å². The van der Waals surface area contributed by atoms with Crippen molar-refractivity contribution in [1.29, 1.82) is 0 Å². The van der Waals surface area contributed by atoms with Crippen LogP contribution in [0.4, 0.5) is 0 Å². The van der Waals surface area contributed by atoms with E-state index in [1.165, 1.54) is 24.8 Å². The zero-order chi connectivity index (χ0) is 24.0. The average molecular weight is 451 g/mol. The van der Waals surface area contributed by atoms with Crippen molar-refractivity contribution >= 4 is 5.78 Å². The van der Waals surface area contributed by atoms with Gasteiger partial charge in [-0.2, -0.15) is 0 Å². The first kappa shape index (κ1) is 23.1. The molecule has 0 unspecified atom stereocenters. The van der Waals surface area contributed by atoms with Crippen LogP contribution in [-0.4, -0.2) is 22.6 Å². The van der Waals surface area contributed by atoms with Crippen molar-refractivity contribution in [3.05, 3.63) is 46.3 Å². The number of allylic oxidation sites excluding steroid dienone is 7. The average Bonchev–Trinajstić information content (AvgIpc) is 2.79. The first-order valence-electron chi connectivity index (χ1n) is 13.1. The minimum Gasteiger partial charge on any atom is -0.504 e. The molecule has 0 aromatic rings. The summed E-state index contributed by atoms with van der Waals surface area (Å²) in [4.78, 5) is 12.6. The van der Waals surface area contributed by atoms with Crippen molar-refractivity contribution in [3.63, 3.8) is 0 Å². The molecular weight excluding hydrogens is 408 g/mol. The van der Waals surface area contributed by atoms with Crippen molar-refractivity contribution in [2.75, 3.05) is 6.61 Å². The lowest BCUT2D eigenvalue weighted by atomic mass is 9.33. The minimum atomic E-state index is -0.248. The SMILES string of the molecule is CC[C@@]12CC[C@@]3(C)C4=CC(=O)C(O)=C(C)C4=CC=C3[C@@]1(C)CC[C@@]1(C)CC[C@@](C)(CO)C[C@H]12. The number of aliphatic hydroxyl groups excluding tert-OH is 2. The van der Waals surface area contributed by atoms with Gasteiger partial charge in [0.25, 0.3) is 0 Å². The molecule has 0 spiro atoms. The molecule has 5 aliphatic carbocycles. The molecule has 0 radical (unpaired) electrons. The summed E-state index contributed by atoms with van der Waals surface area (Å²) in [5.41, 5.74) is 4.84. The van der Waals surface area contributed by atoms with Gasteiger partial charge in [0.2, 0.25) is 5.78 Å². The Morgan fingerprint density at radius 3 is 2.36 bits per heavy atom. The second-order valence-electron chi connectivity index (χ2n) is 13.1. The Balaban J connectivity index is 1.67. The summed E-state index contributed by atoms with van der Waals surface area (Å²) in [7, 11) is 0. The van der Waals surface area contributed by atoms with E-state index in [9.17, 15) is 15.0 Å².